The average Bonchev–Trinajstić information content (AvgIpc) is 3.36. The van der Waals surface area contributed by atoms with Gasteiger partial charge in [-0.1, -0.05) is 277 Å². The van der Waals surface area contributed by atoms with Gasteiger partial charge in [-0.15, -0.1) is 0 Å². The van der Waals surface area contributed by atoms with Gasteiger partial charge in [0.1, 0.15) is 0 Å². The summed E-state index contributed by atoms with van der Waals surface area (Å²) in [5.41, 5.74) is 0. The Morgan fingerprint density at radius 1 is 0.203 bits per heavy atom. The van der Waals surface area contributed by atoms with Gasteiger partial charge in [-0.3, -0.25) is 24.0 Å². The first-order chi connectivity index (χ1) is 35.2. The number of unbranched alkanes of at least 4 members (excludes halogenated alkanes) is 21. The minimum Gasteiger partial charge on any atom is -0.466 e. The van der Waals surface area contributed by atoms with Gasteiger partial charge in [0.2, 0.25) is 0 Å². The van der Waals surface area contributed by atoms with E-state index in [1.807, 2.05) is 0 Å². The molecule has 0 saturated heterocycles. The van der Waals surface area contributed by atoms with Gasteiger partial charge < -0.3 is 28.8 Å². The minimum absolute atomic E-state index is 0.211. The summed E-state index contributed by atoms with van der Waals surface area (Å²) in [7, 11) is 1.00. The first-order valence-corrected chi connectivity index (χ1v) is 30.4. The topological polar surface area (TPSA) is 152 Å². The van der Waals surface area contributed by atoms with Crippen LogP contribution in [0.4, 0.5) is 0 Å². The van der Waals surface area contributed by atoms with Crippen LogP contribution in [-0.4, -0.2) is 75.1 Å². The molecule has 74 heavy (non-hydrogen) atoms. The molecule has 11 nitrogen and oxygen atoms in total. The molecule has 0 rings (SSSR count). The van der Waals surface area contributed by atoms with Crippen LogP contribution in [0.1, 0.15) is 346 Å². The predicted octanol–water partition coefficient (Wildman–Crippen LogP) is 20.6. The van der Waals surface area contributed by atoms with E-state index in [9.17, 15) is 24.0 Å². The number of hydrogen-bond acceptors (Lipinski definition) is 11. The van der Waals surface area contributed by atoms with Crippen LogP contribution >= 0.6 is 0 Å². The highest BCUT2D eigenvalue weighted by molar-refractivity contribution is 5.66. The maximum absolute atomic E-state index is 9.82. The molecule has 11 heteroatoms. The zero-order chi connectivity index (χ0) is 60.8. The largest absolute Gasteiger partial charge is 0.466 e. The van der Waals surface area contributed by atoms with Crippen molar-refractivity contribution in [3.8, 4) is 0 Å². The Labute approximate surface area is 467 Å². The Balaban J connectivity index is -0.0000000497. The Morgan fingerprint density at radius 2 is 0.270 bits per heavy atom. The third-order valence-electron chi connectivity index (χ3n) is 8.44. The van der Waals surface area contributed by atoms with Crippen LogP contribution in [0.2, 0.25) is 0 Å². The van der Waals surface area contributed by atoms with Crippen molar-refractivity contribution in [3.05, 3.63) is 0 Å². The molecule has 1 N–H and O–H groups in total. The molecule has 460 valence electrons. The Kier molecular flexibility index (Phi) is 187. The third kappa shape index (κ3) is 291. The number of esters is 5. The lowest BCUT2D eigenvalue weighted by atomic mass is 10.2. The van der Waals surface area contributed by atoms with E-state index < -0.39 is 0 Å². The Bertz CT molecular complexity index is 653. The number of rotatable bonds is 26. The van der Waals surface area contributed by atoms with Gasteiger partial charge in [-0.25, -0.2) is 0 Å². The molecule has 0 bridgehead atoms. The standard InChI is InChI=1S/7C6H14.5C4H8O2.CH4O/c7*1-3-5-6-4-2;5*1-3-6-4(2)5;1-2/h7*3-6H2,1-2H3;5*3H2,1-2H3;2H,1H3. The Morgan fingerprint density at radius 3 is 0.284 bits per heavy atom. The van der Waals surface area contributed by atoms with Crippen molar-refractivity contribution in [2.75, 3.05) is 40.1 Å². The third-order valence-corrected chi connectivity index (χ3v) is 8.44. The monoisotopic (exact) mass is 1080 g/mol. The molecule has 0 radical (unpaired) electrons. The smallest absolute Gasteiger partial charge is 0.302 e. The summed E-state index contributed by atoms with van der Waals surface area (Å²) in [6.45, 7) is 49.5. The first kappa shape index (κ1) is 104. The maximum atomic E-state index is 9.82. The molecule has 0 heterocycles. The maximum Gasteiger partial charge on any atom is 0.302 e. The zero-order valence-corrected chi connectivity index (χ0v) is 55.4. The molecule has 0 aromatic rings. The number of carbonyl (C=O) groups is 5. The van der Waals surface area contributed by atoms with Crippen molar-refractivity contribution in [2.45, 2.75) is 346 Å². The van der Waals surface area contributed by atoms with Gasteiger partial charge in [0, 0.05) is 41.7 Å². The van der Waals surface area contributed by atoms with E-state index in [-0.39, 0.29) is 29.8 Å². The number of ether oxygens (including phenoxy) is 5. The van der Waals surface area contributed by atoms with Crippen LogP contribution in [-0.2, 0) is 47.7 Å². The second-order valence-electron chi connectivity index (χ2n) is 16.6. The first-order valence-electron chi connectivity index (χ1n) is 30.4. The average molecular weight is 1080 g/mol. The molecular weight excluding hydrogens is 933 g/mol. The van der Waals surface area contributed by atoms with Crippen molar-refractivity contribution in [2.24, 2.45) is 0 Å². The SMILES string of the molecule is CCCCCC.CCCCCC.CCCCCC.CCCCCC.CCCCCC.CCCCCC.CCCCCC.CCOC(C)=O.CCOC(C)=O.CCOC(C)=O.CCOC(C)=O.CCOC(C)=O.CO. The van der Waals surface area contributed by atoms with Gasteiger partial charge in [0.15, 0.2) is 0 Å². The molecular formula is C63H142O11. The minimum atomic E-state index is -0.211. The molecule has 0 saturated carbocycles. The van der Waals surface area contributed by atoms with E-state index in [0.717, 1.165) is 7.11 Å². The number of carbonyl (C=O) groups excluding carboxylic acids is 5. The van der Waals surface area contributed by atoms with Crippen molar-refractivity contribution < 1.29 is 52.8 Å². The lowest BCUT2D eigenvalue weighted by Gasteiger charge is -1.89. The molecule has 0 amide bonds. The summed E-state index contributed by atoms with van der Waals surface area (Å²) in [4.78, 5) is 49.1. The molecule has 0 unspecified atom stereocenters. The lowest BCUT2D eigenvalue weighted by molar-refractivity contribution is -0.141. The van der Waals surface area contributed by atoms with E-state index in [1.165, 1.54) is 214 Å². The normalized spacial score (nSPS) is 8.30. The molecule has 0 atom stereocenters. The van der Waals surface area contributed by atoms with Crippen molar-refractivity contribution in [1.29, 1.82) is 0 Å². The summed E-state index contributed by atoms with van der Waals surface area (Å²) in [5.74, 6) is -1.05. The predicted molar refractivity (Wildman–Crippen MR) is 328 cm³/mol. The highest BCUT2D eigenvalue weighted by Crippen LogP contribution is 1.99. The van der Waals surface area contributed by atoms with Crippen LogP contribution in [0.15, 0.2) is 0 Å². The summed E-state index contributed by atoms with van der Waals surface area (Å²) in [5, 5.41) is 7.00. The van der Waals surface area contributed by atoms with E-state index in [0.29, 0.717) is 33.0 Å². The molecule has 0 aromatic carbocycles. The van der Waals surface area contributed by atoms with Gasteiger partial charge in [0.25, 0.3) is 0 Å². The zero-order valence-electron chi connectivity index (χ0n) is 55.4. The summed E-state index contributed by atoms with van der Waals surface area (Å²) >= 11 is 0. The fraction of sp³-hybridized carbons (Fsp3) is 0.921. The van der Waals surface area contributed by atoms with E-state index in [2.05, 4.69) is 121 Å². The molecule has 0 aliphatic rings. The Hall–Kier alpha value is -2.69. The van der Waals surface area contributed by atoms with Crippen LogP contribution in [0.5, 0.6) is 0 Å². The van der Waals surface area contributed by atoms with Crippen LogP contribution in [0, 0.1) is 0 Å². The molecule has 0 aromatic heterocycles. The number of aliphatic hydroxyl groups is 1. The fourth-order valence-corrected chi connectivity index (χ4v) is 4.52. The molecule has 0 aliphatic carbocycles. The second kappa shape index (κ2) is 133. The summed E-state index contributed by atoms with van der Waals surface area (Å²) < 4.78 is 22.0. The van der Waals surface area contributed by atoms with E-state index in [1.54, 1.807) is 34.6 Å². The van der Waals surface area contributed by atoms with Gasteiger partial charge in [-0.2, -0.15) is 0 Å². The van der Waals surface area contributed by atoms with Crippen molar-refractivity contribution >= 4 is 29.8 Å². The fourth-order valence-electron chi connectivity index (χ4n) is 4.52. The van der Waals surface area contributed by atoms with Crippen LogP contribution < -0.4 is 0 Å². The molecule has 0 fully saturated rings. The summed E-state index contributed by atoms with van der Waals surface area (Å²) in [6.07, 6.45) is 38.8. The van der Waals surface area contributed by atoms with Gasteiger partial charge >= 0.3 is 29.8 Å². The van der Waals surface area contributed by atoms with Crippen molar-refractivity contribution in [3.63, 3.8) is 0 Å². The van der Waals surface area contributed by atoms with Crippen LogP contribution in [0.25, 0.3) is 0 Å². The molecule has 0 spiro atoms. The quantitative estimate of drug-likeness (QED) is 0.0500. The second-order valence-corrected chi connectivity index (χ2v) is 16.6. The van der Waals surface area contributed by atoms with Gasteiger partial charge in [-0.05, 0) is 34.6 Å². The van der Waals surface area contributed by atoms with E-state index in [4.69, 9.17) is 5.11 Å². The highest BCUT2D eigenvalue weighted by Gasteiger charge is 1.85. The van der Waals surface area contributed by atoms with Crippen molar-refractivity contribution in [1.82, 2.24) is 0 Å². The highest BCUT2D eigenvalue weighted by atomic mass is 16.5. The van der Waals surface area contributed by atoms with Gasteiger partial charge in [0.05, 0.1) is 33.0 Å². The number of hydrogen-bond donors (Lipinski definition) is 1. The molecule has 0 aliphatic heterocycles. The number of aliphatic hydroxyl groups excluding tert-OH is 1. The van der Waals surface area contributed by atoms with E-state index >= 15 is 0 Å². The van der Waals surface area contributed by atoms with Crippen LogP contribution in [0.3, 0.4) is 0 Å². The summed E-state index contributed by atoms with van der Waals surface area (Å²) in [6, 6.07) is 0. The lowest BCUT2D eigenvalue weighted by Crippen LogP contribution is -1.95.